The third-order valence-corrected chi connectivity index (χ3v) is 1.60. The van der Waals surface area contributed by atoms with Crippen LogP contribution in [0.15, 0.2) is 0 Å². The van der Waals surface area contributed by atoms with E-state index in [1.54, 1.807) is 0 Å². The molecule has 0 aliphatic heterocycles. The Kier molecular flexibility index (Phi) is 3.38. The summed E-state index contributed by atoms with van der Waals surface area (Å²) in [5, 5.41) is 8.24. The van der Waals surface area contributed by atoms with Crippen LogP contribution in [0.2, 0.25) is 0 Å². The number of aliphatic carboxylic acids is 1. The molecule has 0 aromatic carbocycles. The lowest BCUT2D eigenvalue weighted by molar-refractivity contribution is -0.139. The van der Waals surface area contributed by atoms with Gasteiger partial charge in [0.2, 0.25) is 0 Å². The number of aldehydes is 1. The van der Waals surface area contributed by atoms with Gasteiger partial charge in [0.1, 0.15) is 6.29 Å². The second-order valence-electron chi connectivity index (χ2n) is 2.08. The molecular formula is C5H9NO3S. The van der Waals surface area contributed by atoms with Crippen LogP contribution >= 0.6 is 12.6 Å². The highest BCUT2D eigenvalue weighted by atomic mass is 32.1. The zero-order chi connectivity index (χ0) is 8.20. The number of carbonyl (C=O) groups excluding carboxylic acids is 1. The van der Waals surface area contributed by atoms with Crippen LogP contribution in [-0.2, 0) is 9.59 Å². The van der Waals surface area contributed by atoms with E-state index in [9.17, 15) is 9.59 Å². The number of carboxylic acids is 1. The lowest BCUT2D eigenvalue weighted by atomic mass is 10.0. The van der Waals surface area contributed by atoms with Crippen molar-refractivity contribution < 1.29 is 14.7 Å². The highest BCUT2D eigenvalue weighted by Crippen LogP contribution is 2.04. The molecule has 0 rings (SSSR count). The SMILES string of the molecule is N[C@](C=O)(CS)CC(=O)O. The summed E-state index contributed by atoms with van der Waals surface area (Å²) >= 11 is 3.74. The first kappa shape index (κ1) is 9.45. The van der Waals surface area contributed by atoms with E-state index in [0.29, 0.717) is 6.29 Å². The van der Waals surface area contributed by atoms with Crippen molar-refractivity contribution >= 4 is 24.9 Å². The maximum absolute atomic E-state index is 10.2. The minimum atomic E-state index is -1.31. The lowest BCUT2D eigenvalue weighted by Crippen LogP contribution is -2.45. The molecule has 0 amide bonds. The second kappa shape index (κ2) is 3.58. The van der Waals surface area contributed by atoms with Crippen molar-refractivity contribution in [1.29, 1.82) is 0 Å². The molecule has 0 bridgehead atoms. The Labute approximate surface area is 63.8 Å². The number of rotatable bonds is 4. The molecule has 0 aliphatic carbocycles. The largest absolute Gasteiger partial charge is 0.481 e. The molecule has 0 heterocycles. The van der Waals surface area contributed by atoms with Crippen LogP contribution in [0.1, 0.15) is 6.42 Å². The van der Waals surface area contributed by atoms with Gasteiger partial charge >= 0.3 is 5.97 Å². The normalized spacial score (nSPS) is 15.8. The number of carboxylic acid groups (broad SMARTS) is 1. The van der Waals surface area contributed by atoms with E-state index in [4.69, 9.17) is 10.8 Å². The summed E-state index contributed by atoms with van der Waals surface area (Å²) in [6.45, 7) is 0. The predicted octanol–water partition coefficient (Wildman–Crippen LogP) is -0.713. The smallest absolute Gasteiger partial charge is 0.305 e. The summed E-state index contributed by atoms with van der Waals surface area (Å²) in [6.07, 6.45) is 0.0358. The number of nitrogens with two attached hydrogens (primary N) is 1. The van der Waals surface area contributed by atoms with E-state index in [1.165, 1.54) is 0 Å². The van der Waals surface area contributed by atoms with Crippen LogP contribution in [0, 0.1) is 0 Å². The molecule has 4 nitrogen and oxygen atoms in total. The summed E-state index contributed by atoms with van der Waals surface area (Å²) in [4.78, 5) is 20.2. The van der Waals surface area contributed by atoms with E-state index in [2.05, 4.69) is 12.6 Å². The van der Waals surface area contributed by atoms with E-state index >= 15 is 0 Å². The molecule has 0 saturated heterocycles. The number of thiol groups is 1. The van der Waals surface area contributed by atoms with Gasteiger partial charge in [-0.25, -0.2) is 0 Å². The summed E-state index contributed by atoms with van der Waals surface area (Å²) < 4.78 is 0. The lowest BCUT2D eigenvalue weighted by Gasteiger charge is -2.16. The standard InChI is InChI=1S/C5H9NO3S/c6-5(2-7,3-10)1-4(8)9/h2,10H,1,3,6H2,(H,8,9)/t5-/m1/s1. The Morgan fingerprint density at radius 1 is 1.80 bits per heavy atom. The Balaban J connectivity index is 4.05. The van der Waals surface area contributed by atoms with Crippen molar-refractivity contribution in [3.05, 3.63) is 0 Å². The molecule has 58 valence electrons. The molecule has 0 aromatic heterocycles. The van der Waals surface area contributed by atoms with Gasteiger partial charge in [-0.05, 0) is 0 Å². The molecule has 10 heavy (non-hydrogen) atoms. The predicted molar refractivity (Wildman–Crippen MR) is 39.1 cm³/mol. The van der Waals surface area contributed by atoms with Gasteiger partial charge in [0.25, 0.3) is 0 Å². The minimum Gasteiger partial charge on any atom is -0.481 e. The summed E-state index contributed by atoms with van der Waals surface area (Å²) in [7, 11) is 0. The topological polar surface area (TPSA) is 80.4 Å². The van der Waals surface area contributed by atoms with Crippen molar-refractivity contribution in [2.45, 2.75) is 12.0 Å². The van der Waals surface area contributed by atoms with Crippen molar-refractivity contribution in [3.8, 4) is 0 Å². The molecule has 1 atom stereocenters. The third-order valence-electron chi connectivity index (χ3n) is 1.01. The average Bonchev–Trinajstić information content (AvgIpc) is 1.87. The van der Waals surface area contributed by atoms with E-state index in [1.807, 2.05) is 0 Å². The third kappa shape index (κ3) is 2.84. The highest BCUT2D eigenvalue weighted by molar-refractivity contribution is 7.80. The monoisotopic (exact) mass is 163 g/mol. The fourth-order valence-electron chi connectivity index (χ4n) is 0.416. The highest BCUT2D eigenvalue weighted by Gasteiger charge is 2.25. The number of hydrogen-bond acceptors (Lipinski definition) is 4. The van der Waals surface area contributed by atoms with E-state index in [0.717, 1.165) is 0 Å². The molecule has 0 radical (unpaired) electrons. The first-order chi connectivity index (χ1) is 4.54. The fraction of sp³-hybridized carbons (Fsp3) is 0.600. The Morgan fingerprint density at radius 2 is 2.30 bits per heavy atom. The Morgan fingerprint density at radius 3 is 2.40 bits per heavy atom. The maximum Gasteiger partial charge on any atom is 0.305 e. The van der Waals surface area contributed by atoms with Gasteiger partial charge in [0, 0.05) is 5.75 Å². The number of hydrogen-bond donors (Lipinski definition) is 3. The molecule has 3 N–H and O–H groups in total. The molecule has 0 aliphatic rings. The number of carbonyl (C=O) groups is 2. The van der Waals surface area contributed by atoms with Crippen molar-refractivity contribution in [1.82, 2.24) is 0 Å². The van der Waals surface area contributed by atoms with Gasteiger partial charge in [-0.1, -0.05) is 0 Å². The van der Waals surface area contributed by atoms with Crippen LogP contribution < -0.4 is 5.73 Å². The first-order valence-corrected chi connectivity index (χ1v) is 3.25. The molecule has 5 heteroatoms. The molecule has 0 spiro atoms. The summed E-state index contributed by atoms with van der Waals surface area (Å²) in [6, 6.07) is 0. The zero-order valence-corrected chi connectivity index (χ0v) is 6.17. The van der Waals surface area contributed by atoms with Crippen LogP contribution in [0.4, 0.5) is 0 Å². The molecule has 0 unspecified atom stereocenters. The van der Waals surface area contributed by atoms with Gasteiger partial charge in [0.15, 0.2) is 0 Å². The summed E-state index contributed by atoms with van der Waals surface area (Å²) in [5.41, 5.74) is 3.96. The Hall–Kier alpha value is -0.550. The molecule has 0 fully saturated rings. The zero-order valence-electron chi connectivity index (χ0n) is 5.28. The molecular weight excluding hydrogens is 154 g/mol. The van der Waals surface area contributed by atoms with Gasteiger partial charge < -0.3 is 15.6 Å². The van der Waals surface area contributed by atoms with Crippen LogP contribution in [0.3, 0.4) is 0 Å². The Bertz CT molecular complexity index is 150. The van der Waals surface area contributed by atoms with Crippen molar-refractivity contribution in [2.75, 3.05) is 5.75 Å². The van der Waals surface area contributed by atoms with E-state index < -0.39 is 11.5 Å². The second-order valence-corrected chi connectivity index (χ2v) is 2.40. The molecule has 0 saturated carbocycles. The van der Waals surface area contributed by atoms with Gasteiger partial charge in [-0.15, -0.1) is 0 Å². The van der Waals surface area contributed by atoms with Crippen LogP contribution in [0.25, 0.3) is 0 Å². The average molecular weight is 163 g/mol. The van der Waals surface area contributed by atoms with Crippen LogP contribution in [0.5, 0.6) is 0 Å². The van der Waals surface area contributed by atoms with Gasteiger partial charge in [0.05, 0.1) is 12.0 Å². The quantitative estimate of drug-likeness (QED) is 0.377. The van der Waals surface area contributed by atoms with Gasteiger partial charge in [-0.3, -0.25) is 4.79 Å². The maximum atomic E-state index is 10.2. The van der Waals surface area contributed by atoms with Crippen molar-refractivity contribution in [3.63, 3.8) is 0 Å². The molecule has 0 aromatic rings. The van der Waals surface area contributed by atoms with E-state index in [-0.39, 0.29) is 12.2 Å². The first-order valence-electron chi connectivity index (χ1n) is 2.62. The van der Waals surface area contributed by atoms with Crippen LogP contribution in [-0.4, -0.2) is 28.7 Å². The minimum absolute atomic E-state index is 0.0444. The van der Waals surface area contributed by atoms with Crippen molar-refractivity contribution in [2.24, 2.45) is 5.73 Å². The fourth-order valence-corrected chi connectivity index (χ4v) is 0.603. The summed E-state index contributed by atoms with van der Waals surface area (Å²) in [5.74, 6) is -1.05. The van der Waals surface area contributed by atoms with Gasteiger partial charge in [-0.2, -0.15) is 12.6 Å².